The van der Waals surface area contributed by atoms with Crippen LogP contribution in [-0.2, 0) is 11.2 Å². The molecule has 1 rings (SSSR count). The topological polar surface area (TPSA) is 60.4 Å². The van der Waals surface area contributed by atoms with Crippen LogP contribution in [-0.4, -0.2) is 11.1 Å². The van der Waals surface area contributed by atoms with E-state index in [1.807, 2.05) is 0 Å². The summed E-state index contributed by atoms with van der Waals surface area (Å²) in [5.74, 6) is -1.07. The van der Waals surface area contributed by atoms with E-state index in [4.69, 9.17) is 5.11 Å². The monoisotopic (exact) mass is 174 g/mol. The predicted molar refractivity (Wildman–Crippen MR) is 36.8 cm³/mol. The zero-order chi connectivity index (χ0) is 8.27. The van der Waals surface area contributed by atoms with Gasteiger partial charge in [-0.1, -0.05) is 12.1 Å². The van der Waals surface area contributed by atoms with Gasteiger partial charge in [0.2, 0.25) is 0 Å². The van der Waals surface area contributed by atoms with Gasteiger partial charge in [-0.3, -0.25) is 0 Å². The largest absolute Gasteiger partial charge is 1.00 e. The van der Waals surface area contributed by atoms with Crippen LogP contribution in [0, 0.1) is 0 Å². The number of phenols is 1. The SMILES string of the molecule is O=C([O-])Cc1cccc(O)c1.[Na+]. The van der Waals surface area contributed by atoms with Crippen LogP contribution in [0.5, 0.6) is 5.75 Å². The number of aliphatic carboxylic acids is 1. The van der Waals surface area contributed by atoms with Crippen molar-refractivity contribution in [3.63, 3.8) is 0 Å². The Labute approximate surface area is 92.3 Å². The Morgan fingerprint density at radius 2 is 2.17 bits per heavy atom. The minimum absolute atomic E-state index is 0. The molecule has 12 heavy (non-hydrogen) atoms. The van der Waals surface area contributed by atoms with E-state index in [0.29, 0.717) is 5.56 Å². The van der Waals surface area contributed by atoms with Gasteiger partial charge in [0.1, 0.15) is 5.75 Å². The van der Waals surface area contributed by atoms with Gasteiger partial charge in [0.05, 0.1) is 0 Å². The first-order valence-electron chi connectivity index (χ1n) is 3.16. The molecule has 0 aliphatic rings. The molecule has 0 aromatic heterocycles. The molecule has 0 aliphatic carbocycles. The molecule has 0 unspecified atom stereocenters. The number of hydrogen-bond acceptors (Lipinski definition) is 3. The minimum Gasteiger partial charge on any atom is -0.550 e. The number of carboxylic acids is 1. The van der Waals surface area contributed by atoms with Crippen LogP contribution in [0.15, 0.2) is 24.3 Å². The van der Waals surface area contributed by atoms with Gasteiger partial charge in [-0.15, -0.1) is 0 Å². The van der Waals surface area contributed by atoms with Crippen molar-refractivity contribution in [1.29, 1.82) is 0 Å². The third kappa shape index (κ3) is 3.76. The van der Waals surface area contributed by atoms with Gasteiger partial charge >= 0.3 is 29.6 Å². The fourth-order valence-electron chi connectivity index (χ4n) is 0.833. The van der Waals surface area contributed by atoms with Crippen LogP contribution in [0.3, 0.4) is 0 Å². The van der Waals surface area contributed by atoms with Crippen LogP contribution < -0.4 is 34.7 Å². The smallest absolute Gasteiger partial charge is 0.550 e. The summed E-state index contributed by atoms with van der Waals surface area (Å²) in [7, 11) is 0. The summed E-state index contributed by atoms with van der Waals surface area (Å²) in [6, 6.07) is 6.09. The fraction of sp³-hybridized carbons (Fsp3) is 0.125. The zero-order valence-electron chi connectivity index (χ0n) is 6.78. The number of hydrogen-bond donors (Lipinski definition) is 1. The van der Waals surface area contributed by atoms with E-state index in [1.54, 1.807) is 12.1 Å². The Hall–Kier alpha value is -0.510. The van der Waals surface area contributed by atoms with Crippen LogP contribution >= 0.6 is 0 Å². The molecule has 1 N–H and O–H groups in total. The van der Waals surface area contributed by atoms with Crippen LogP contribution in [0.2, 0.25) is 0 Å². The number of aromatic hydroxyl groups is 1. The Bertz CT molecular complexity index is 273. The summed E-state index contributed by atoms with van der Waals surface area (Å²) in [5, 5.41) is 19.0. The van der Waals surface area contributed by atoms with Gasteiger partial charge in [0.25, 0.3) is 0 Å². The molecule has 1 aromatic carbocycles. The maximum absolute atomic E-state index is 10.1. The first kappa shape index (κ1) is 11.5. The normalized spacial score (nSPS) is 8.67. The molecule has 58 valence electrons. The quantitative estimate of drug-likeness (QED) is 0.477. The summed E-state index contributed by atoms with van der Waals surface area (Å²) in [4.78, 5) is 10.1. The van der Waals surface area contributed by atoms with Crippen LogP contribution in [0.25, 0.3) is 0 Å². The van der Waals surface area contributed by atoms with Crippen molar-refractivity contribution >= 4 is 5.97 Å². The maximum atomic E-state index is 10.1. The van der Waals surface area contributed by atoms with Crippen LogP contribution in [0.4, 0.5) is 0 Å². The number of carboxylic acid groups (broad SMARTS) is 1. The molecule has 0 spiro atoms. The van der Waals surface area contributed by atoms with Gasteiger partial charge < -0.3 is 15.0 Å². The average Bonchev–Trinajstić information content (AvgIpc) is 1.85. The molecule has 0 atom stereocenters. The molecule has 0 saturated carbocycles. The molecule has 1 aromatic rings. The fourth-order valence-corrected chi connectivity index (χ4v) is 0.833. The molecular formula is C8H7NaO3. The van der Waals surface area contributed by atoms with Crippen molar-refractivity contribution in [2.75, 3.05) is 0 Å². The van der Waals surface area contributed by atoms with Crippen molar-refractivity contribution in [3.05, 3.63) is 29.8 Å². The number of phenolic OH excluding ortho intramolecular Hbond substituents is 1. The predicted octanol–water partition coefficient (Wildman–Crippen LogP) is -3.31. The number of rotatable bonds is 2. The van der Waals surface area contributed by atoms with E-state index >= 15 is 0 Å². The van der Waals surface area contributed by atoms with Gasteiger partial charge in [-0.2, -0.15) is 0 Å². The second kappa shape index (κ2) is 5.19. The minimum atomic E-state index is -1.14. The second-order valence-corrected chi connectivity index (χ2v) is 2.22. The number of carbonyl (C=O) groups excluding carboxylic acids is 1. The molecule has 4 heteroatoms. The Kier molecular flexibility index (Phi) is 4.97. The maximum Gasteiger partial charge on any atom is 1.00 e. The molecule has 0 bridgehead atoms. The third-order valence-electron chi connectivity index (χ3n) is 1.26. The van der Waals surface area contributed by atoms with Crippen molar-refractivity contribution in [3.8, 4) is 5.75 Å². The van der Waals surface area contributed by atoms with E-state index in [2.05, 4.69) is 0 Å². The first-order chi connectivity index (χ1) is 5.18. The molecule has 0 heterocycles. The van der Waals surface area contributed by atoms with Gasteiger partial charge in [-0.05, 0) is 17.7 Å². The van der Waals surface area contributed by atoms with E-state index in [1.165, 1.54) is 12.1 Å². The summed E-state index contributed by atoms with van der Waals surface area (Å²) >= 11 is 0. The van der Waals surface area contributed by atoms with Gasteiger partial charge in [-0.25, -0.2) is 0 Å². The molecule has 0 saturated heterocycles. The van der Waals surface area contributed by atoms with E-state index in [-0.39, 0.29) is 41.7 Å². The summed E-state index contributed by atoms with van der Waals surface area (Å²) in [5.41, 5.74) is 0.546. The van der Waals surface area contributed by atoms with Crippen molar-refractivity contribution < 1.29 is 44.6 Å². The summed E-state index contributed by atoms with van der Waals surface area (Å²) < 4.78 is 0. The van der Waals surface area contributed by atoms with E-state index in [0.717, 1.165) is 0 Å². The standard InChI is InChI=1S/C8H8O3.Na/c9-7-3-1-2-6(4-7)5-8(10)11;/h1-4,9H,5H2,(H,10,11);/q;+1/p-1. The molecule has 0 fully saturated rings. The van der Waals surface area contributed by atoms with Gasteiger partial charge in [0.15, 0.2) is 0 Å². The molecular weight excluding hydrogens is 167 g/mol. The Balaban J connectivity index is 0.00000121. The zero-order valence-corrected chi connectivity index (χ0v) is 8.78. The second-order valence-electron chi connectivity index (χ2n) is 2.22. The molecule has 0 radical (unpaired) electrons. The van der Waals surface area contributed by atoms with Gasteiger partial charge in [0, 0.05) is 12.4 Å². The first-order valence-corrected chi connectivity index (χ1v) is 3.16. The van der Waals surface area contributed by atoms with E-state index < -0.39 is 5.97 Å². The Morgan fingerprint density at radius 3 is 2.67 bits per heavy atom. The third-order valence-corrected chi connectivity index (χ3v) is 1.26. The number of benzene rings is 1. The van der Waals surface area contributed by atoms with Crippen molar-refractivity contribution in [2.24, 2.45) is 0 Å². The molecule has 3 nitrogen and oxygen atoms in total. The summed E-state index contributed by atoms with van der Waals surface area (Å²) in [6.45, 7) is 0. The van der Waals surface area contributed by atoms with E-state index in [9.17, 15) is 9.90 Å². The number of carbonyl (C=O) groups is 1. The summed E-state index contributed by atoms with van der Waals surface area (Å²) in [6.07, 6.45) is -0.158. The Morgan fingerprint density at radius 1 is 1.50 bits per heavy atom. The molecule has 0 amide bonds. The van der Waals surface area contributed by atoms with Crippen molar-refractivity contribution in [1.82, 2.24) is 0 Å². The average molecular weight is 174 g/mol. The molecule has 0 aliphatic heterocycles. The van der Waals surface area contributed by atoms with Crippen molar-refractivity contribution in [2.45, 2.75) is 6.42 Å². The van der Waals surface area contributed by atoms with Crippen LogP contribution in [0.1, 0.15) is 5.56 Å².